The van der Waals surface area contributed by atoms with Crippen molar-refractivity contribution < 1.29 is 0 Å². The van der Waals surface area contributed by atoms with Gasteiger partial charge in [0.05, 0.1) is 11.4 Å². The molecule has 0 bridgehead atoms. The Bertz CT molecular complexity index is 829. The van der Waals surface area contributed by atoms with Crippen LogP contribution in [0.15, 0.2) is 82.6 Å². The summed E-state index contributed by atoms with van der Waals surface area (Å²) in [7, 11) is 0. The van der Waals surface area contributed by atoms with E-state index in [2.05, 4.69) is 98.5 Å². The molecule has 4 rings (SSSR count). The van der Waals surface area contributed by atoms with Gasteiger partial charge >= 0.3 is 0 Å². The van der Waals surface area contributed by atoms with Gasteiger partial charge in [-0.3, -0.25) is 0 Å². The van der Waals surface area contributed by atoms with Crippen LogP contribution < -0.4 is 4.90 Å². The molecule has 0 atom stereocenters. The Morgan fingerprint density at radius 1 is 0.667 bits per heavy atom. The number of anilines is 3. The van der Waals surface area contributed by atoms with Crippen LogP contribution in [0, 0.1) is 0 Å². The summed E-state index contributed by atoms with van der Waals surface area (Å²) >= 11 is 1.85. The molecule has 0 amide bonds. The number of hydrogen-bond donors (Lipinski definition) is 0. The van der Waals surface area contributed by atoms with Gasteiger partial charge in [0.2, 0.25) is 0 Å². The van der Waals surface area contributed by atoms with Crippen molar-refractivity contribution in [3.63, 3.8) is 0 Å². The number of rotatable bonds is 1. The van der Waals surface area contributed by atoms with E-state index in [1.165, 1.54) is 32.4 Å². The fourth-order valence-electron chi connectivity index (χ4n) is 3.09. The van der Waals surface area contributed by atoms with Crippen molar-refractivity contribution in [2.24, 2.45) is 0 Å². The van der Waals surface area contributed by atoms with E-state index in [1.807, 2.05) is 11.8 Å². The Morgan fingerprint density at radius 3 is 1.67 bits per heavy atom. The smallest absolute Gasteiger partial charge is 0.0601 e. The largest absolute Gasteiger partial charge is 0.308 e. The lowest BCUT2D eigenvalue weighted by molar-refractivity contribution is 0.590. The molecule has 0 saturated heterocycles. The molecule has 1 heterocycles. The van der Waals surface area contributed by atoms with Crippen molar-refractivity contribution in [1.29, 1.82) is 0 Å². The number of para-hydroxylation sites is 2. The summed E-state index contributed by atoms with van der Waals surface area (Å²) in [6.07, 6.45) is 0. The summed E-state index contributed by atoms with van der Waals surface area (Å²) in [6, 6.07) is 26.2. The first-order chi connectivity index (χ1) is 11.5. The third-order valence-corrected chi connectivity index (χ3v) is 5.55. The second-order valence-corrected chi connectivity index (χ2v) is 8.25. The molecule has 0 aliphatic carbocycles. The standard InChI is InChI=1S/C22H21NS/c1-22(2,3)16-12-14-17(15-13-16)23-18-8-4-6-10-20(18)24-21-11-7-5-9-19(21)23/h4-15H,1-3H3. The molecule has 1 aliphatic heterocycles. The molecule has 0 aromatic heterocycles. The third-order valence-electron chi connectivity index (χ3n) is 4.42. The predicted molar refractivity (Wildman–Crippen MR) is 104 cm³/mol. The first-order valence-corrected chi connectivity index (χ1v) is 9.12. The number of fused-ring (bicyclic) bond motifs is 2. The minimum absolute atomic E-state index is 0.173. The molecule has 120 valence electrons. The van der Waals surface area contributed by atoms with Crippen LogP contribution in [0.3, 0.4) is 0 Å². The van der Waals surface area contributed by atoms with E-state index in [-0.39, 0.29) is 5.41 Å². The maximum atomic E-state index is 2.37. The lowest BCUT2D eigenvalue weighted by atomic mass is 9.87. The molecule has 0 N–H and O–H groups in total. The van der Waals surface area contributed by atoms with Crippen molar-refractivity contribution in [3.05, 3.63) is 78.4 Å². The molecule has 3 aromatic rings. The molecular weight excluding hydrogens is 310 g/mol. The highest BCUT2D eigenvalue weighted by molar-refractivity contribution is 7.99. The van der Waals surface area contributed by atoms with Gasteiger partial charge in [-0.25, -0.2) is 0 Å². The summed E-state index contributed by atoms with van der Waals surface area (Å²) in [5, 5.41) is 0. The molecule has 0 spiro atoms. The fourth-order valence-corrected chi connectivity index (χ4v) is 4.15. The summed E-state index contributed by atoms with van der Waals surface area (Å²) in [4.78, 5) is 4.97. The second kappa shape index (κ2) is 5.71. The van der Waals surface area contributed by atoms with Gasteiger partial charge in [0.15, 0.2) is 0 Å². The molecule has 1 nitrogen and oxygen atoms in total. The van der Waals surface area contributed by atoms with Crippen LogP contribution in [0.2, 0.25) is 0 Å². The van der Waals surface area contributed by atoms with Gasteiger partial charge in [-0.2, -0.15) is 0 Å². The van der Waals surface area contributed by atoms with Crippen molar-refractivity contribution in [2.45, 2.75) is 36.0 Å². The fraction of sp³-hybridized carbons (Fsp3) is 0.182. The maximum absolute atomic E-state index is 2.37. The molecule has 24 heavy (non-hydrogen) atoms. The Kier molecular flexibility index (Phi) is 3.65. The molecule has 2 heteroatoms. The summed E-state index contributed by atoms with van der Waals surface area (Å²) in [6.45, 7) is 6.76. The summed E-state index contributed by atoms with van der Waals surface area (Å²) < 4.78 is 0. The lowest BCUT2D eigenvalue weighted by Crippen LogP contribution is -2.15. The third kappa shape index (κ3) is 2.61. The van der Waals surface area contributed by atoms with E-state index in [0.717, 1.165) is 0 Å². The number of benzene rings is 3. The van der Waals surface area contributed by atoms with E-state index in [9.17, 15) is 0 Å². The molecule has 0 saturated carbocycles. The predicted octanol–water partition coefficient (Wildman–Crippen LogP) is 6.92. The van der Waals surface area contributed by atoms with E-state index in [1.54, 1.807) is 0 Å². The molecule has 0 unspecified atom stereocenters. The highest BCUT2D eigenvalue weighted by Crippen LogP contribution is 2.51. The zero-order valence-electron chi connectivity index (χ0n) is 14.3. The Morgan fingerprint density at radius 2 is 1.17 bits per heavy atom. The first kappa shape index (κ1) is 15.3. The van der Waals surface area contributed by atoms with Crippen LogP contribution in [0.5, 0.6) is 0 Å². The molecule has 0 fully saturated rings. The van der Waals surface area contributed by atoms with Crippen LogP contribution in [0.25, 0.3) is 0 Å². The van der Waals surface area contributed by atoms with E-state index >= 15 is 0 Å². The van der Waals surface area contributed by atoms with E-state index in [0.29, 0.717) is 0 Å². The van der Waals surface area contributed by atoms with Gasteiger partial charge in [0, 0.05) is 15.5 Å². The van der Waals surface area contributed by atoms with Gasteiger partial charge in [0.1, 0.15) is 0 Å². The summed E-state index contributed by atoms with van der Waals surface area (Å²) in [5.74, 6) is 0. The highest BCUT2D eigenvalue weighted by atomic mass is 32.2. The van der Waals surface area contributed by atoms with E-state index < -0.39 is 0 Å². The second-order valence-electron chi connectivity index (χ2n) is 7.17. The average Bonchev–Trinajstić information content (AvgIpc) is 2.59. The van der Waals surface area contributed by atoms with Crippen LogP contribution in [-0.4, -0.2) is 0 Å². The van der Waals surface area contributed by atoms with Crippen LogP contribution in [0.4, 0.5) is 17.1 Å². The van der Waals surface area contributed by atoms with Crippen LogP contribution in [0.1, 0.15) is 26.3 Å². The number of hydrogen-bond acceptors (Lipinski definition) is 2. The quantitative estimate of drug-likeness (QED) is 0.372. The van der Waals surface area contributed by atoms with Crippen molar-refractivity contribution in [1.82, 2.24) is 0 Å². The molecule has 3 aromatic carbocycles. The Labute approximate surface area is 148 Å². The normalized spacial score (nSPS) is 13.4. The molecule has 1 aliphatic rings. The van der Waals surface area contributed by atoms with Gasteiger partial charge in [-0.1, -0.05) is 68.9 Å². The monoisotopic (exact) mass is 331 g/mol. The molecular formula is C22H21NS. The molecule has 0 radical (unpaired) electrons. The minimum Gasteiger partial charge on any atom is -0.308 e. The van der Waals surface area contributed by atoms with Gasteiger partial charge in [-0.15, -0.1) is 0 Å². The van der Waals surface area contributed by atoms with Gasteiger partial charge < -0.3 is 4.90 Å². The first-order valence-electron chi connectivity index (χ1n) is 8.31. The topological polar surface area (TPSA) is 3.24 Å². The van der Waals surface area contributed by atoms with Crippen molar-refractivity contribution in [3.8, 4) is 0 Å². The van der Waals surface area contributed by atoms with Crippen LogP contribution >= 0.6 is 11.8 Å². The van der Waals surface area contributed by atoms with Crippen LogP contribution in [-0.2, 0) is 5.41 Å². The van der Waals surface area contributed by atoms with Crippen molar-refractivity contribution in [2.75, 3.05) is 4.90 Å². The maximum Gasteiger partial charge on any atom is 0.0601 e. The van der Waals surface area contributed by atoms with Crippen molar-refractivity contribution >= 4 is 28.8 Å². The zero-order chi connectivity index (χ0) is 16.7. The Balaban J connectivity index is 1.86. The van der Waals surface area contributed by atoms with E-state index in [4.69, 9.17) is 0 Å². The van der Waals surface area contributed by atoms with Gasteiger partial charge in [-0.05, 0) is 47.4 Å². The summed E-state index contributed by atoms with van der Waals surface area (Å²) in [5.41, 5.74) is 5.25. The Hall–Kier alpha value is -2.19. The highest BCUT2D eigenvalue weighted by Gasteiger charge is 2.24. The zero-order valence-corrected chi connectivity index (χ0v) is 15.1. The lowest BCUT2D eigenvalue weighted by Gasteiger charge is -2.33. The van der Waals surface area contributed by atoms with Gasteiger partial charge in [0.25, 0.3) is 0 Å². The average molecular weight is 331 g/mol. The minimum atomic E-state index is 0.173. The SMILES string of the molecule is CC(C)(C)c1ccc(N2c3ccccc3Sc3ccccc32)cc1. The number of nitrogens with zero attached hydrogens (tertiary/aromatic N) is 1.